The SMILES string of the molecule is C=CCN1C(=O)S/C(=C/c2cc(Br)ccc2OCc2ccccc2C#N)C1=O. The van der Waals surface area contributed by atoms with E-state index in [0.29, 0.717) is 21.8 Å². The van der Waals surface area contributed by atoms with Crippen LogP contribution in [-0.4, -0.2) is 22.6 Å². The van der Waals surface area contributed by atoms with Crippen molar-refractivity contribution in [3.8, 4) is 11.8 Å². The first-order chi connectivity index (χ1) is 13.5. The van der Waals surface area contributed by atoms with Gasteiger partial charge in [0.2, 0.25) is 0 Å². The summed E-state index contributed by atoms with van der Waals surface area (Å²) in [7, 11) is 0. The van der Waals surface area contributed by atoms with Gasteiger partial charge in [-0.2, -0.15) is 5.26 Å². The highest BCUT2D eigenvalue weighted by atomic mass is 79.9. The van der Waals surface area contributed by atoms with Crippen molar-refractivity contribution >= 4 is 44.9 Å². The van der Waals surface area contributed by atoms with E-state index in [-0.39, 0.29) is 24.3 Å². The molecular weight excluding hydrogens is 440 g/mol. The van der Waals surface area contributed by atoms with Crippen molar-refractivity contribution in [1.29, 1.82) is 5.26 Å². The van der Waals surface area contributed by atoms with Crippen LogP contribution in [0.1, 0.15) is 16.7 Å². The number of benzene rings is 2. The van der Waals surface area contributed by atoms with Crippen LogP contribution in [0.2, 0.25) is 0 Å². The molecule has 0 atom stereocenters. The second-order valence-corrected chi connectivity index (χ2v) is 7.73. The van der Waals surface area contributed by atoms with E-state index in [4.69, 9.17) is 4.74 Å². The van der Waals surface area contributed by atoms with Gasteiger partial charge in [0.15, 0.2) is 0 Å². The summed E-state index contributed by atoms with van der Waals surface area (Å²) < 4.78 is 6.73. The predicted molar refractivity (Wildman–Crippen MR) is 113 cm³/mol. The quantitative estimate of drug-likeness (QED) is 0.447. The van der Waals surface area contributed by atoms with Gasteiger partial charge in [-0.3, -0.25) is 14.5 Å². The van der Waals surface area contributed by atoms with Crippen LogP contribution in [0.3, 0.4) is 0 Å². The lowest BCUT2D eigenvalue weighted by molar-refractivity contribution is -0.122. The summed E-state index contributed by atoms with van der Waals surface area (Å²) >= 11 is 4.31. The first-order valence-electron chi connectivity index (χ1n) is 8.30. The van der Waals surface area contributed by atoms with E-state index in [1.807, 2.05) is 24.3 Å². The summed E-state index contributed by atoms with van der Waals surface area (Å²) in [4.78, 5) is 25.9. The molecule has 1 aliphatic heterocycles. The number of imide groups is 1. The van der Waals surface area contributed by atoms with Crippen LogP contribution >= 0.6 is 27.7 Å². The van der Waals surface area contributed by atoms with Crippen LogP contribution in [0.15, 0.2) is 64.5 Å². The Morgan fingerprint density at radius 3 is 2.79 bits per heavy atom. The number of nitriles is 1. The number of hydrogen-bond donors (Lipinski definition) is 0. The summed E-state index contributed by atoms with van der Waals surface area (Å²) in [6, 6.07) is 14.8. The second-order valence-electron chi connectivity index (χ2n) is 5.82. The molecule has 1 aliphatic rings. The van der Waals surface area contributed by atoms with E-state index in [9.17, 15) is 14.9 Å². The minimum Gasteiger partial charge on any atom is -0.488 e. The molecule has 0 saturated carbocycles. The van der Waals surface area contributed by atoms with E-state index in [1.165, 1.54) is 6.08 Å². The van der Waals surface area contributed by atoms with E-state index < -0.39 is 0 Å². The Morgan fingerprint density at radius 2 is 2.04 bits per heavy atom. The number of amides is 2. The van der Waals surface area contributed by atoms with Gasteiger partial charge < -0.3 is 4.74 Å². The molecule has 0 bridgehead atoms. The van der Waals surface area contributed by atoms with Gasteiger partial charge in [-0.1, -0.05) is 40.2 Å². The molecule has 0 unspecified atom stereocenters. The Kier molecular flexibility index (Phi) is 6.34. The normalized spacial score (nSPS) is 15.0. The average molecular weight is 455 g/mol. The number of thioether (sulfide) groups is 1. The zero-order valence-electron chi connectivity index (χ0n) is 14.7. The smallest absolute Gasteiger partial charge is 0.293 e. The summed E-state index contributed by atoms with van der Waals surface area (Å²) in [5.41, 5.74) is 1.98. The van der Waals surface area contributed by atoms with Gasteiger partial charge in [-0.15, -0.1) is 6.58 Å². The minimum absolute atomic E-state index is 0.175. The molecule has 0 N–H and O–H groups in total. The third-order valence-corrected chi connectivity index (χ3v) is 5.37. The highest BCUT2D eigenvalue weighted by Gasteiger charge is 2.34. The molecule has 0 radical (unpaired) electrons. The molecule has 3 rings (SSSR count). The number of carbonyl (C=O) groups is 2. The molecule has 28 heavy (non-hydrogen) atoms. The fraction of sp³-hybridized carbons (Fsp3) is 0.0952. The van der Waals surface area contributed by atoms with E-state index >= 15 is 0 Å². The van der Waals surface area contributed by atoms with Crippen molar-refractivity contribution in [3.05, 3.63) is 81.2 Å². The predicted octanol–water partition coefficient (Wildman–Crippen LogP) is 5.12. The third-order valence-electron chi connectivity index (χ3n) is 3.96. The molecule has 2 aromatic carbocycles. The maximum absolute atomic E-state index is 12.4. The van der Waals surface area contributed by atoms with Gasteiger partial charge in [0.1, 0.15) is 12.4 Å². The van der Waals surface area contributed by atoms with Crippen LogP contribution in [0.25, 0.3) is 6.08 Å². The monoisotopic (exact) mass is 454 g/mol. The van der Waals surface area contributed by atoms with Crippen LogP contribution in [0.4, 0.5) is 4.79 Å². The lowest BCUT2D eigenvalue weighted by Gasteiger charge is -2.11. The number of rotatable bonds is 6. The fourth-order valence-corrected chi connectivity index (χ4v) is 3.82. The Labute approximate surface area is 175 Å². The lowest BCUT2D eigenvalue weighted by atomic mass is 10.1. The molecular formula is C21H15BrN2O3S. The molecule has 0 aromatic heterocycles. The van der Waals surface area contributed by atoms with E-state index in [0.717, 1.165) is 26.7 Å². The van der Waals surface area contributed by atoms with Crippen molar-refractivity contribution < 1.29 is 14.3 Å². The standard InChI is InChI=1S/C21H15BrN2O3S/c1-2-9-24-20(25)19(28-21(24)26)11-16-10-17(22)7-8-18(16)27-13-15-6-4-3-5-14(15)12-23/h2-8,10-11H,1,9,13H2/b19-11+. The molecule has 2 amide bonds. The number of nitrogens with zero attached hydrogens (tertiary/aromatic N) is 2. The van der Waals surface area contributed by atoms with Crippen LogP contribution < -0.4 is 4.74 Å². The molecule has 1 saturated heterocycles. The molecule has 7 heteroatoms. The molecule has 2 aromatic rings. The molecule has 5 nitrogen and oxygen atoms in total. The lowest BCUT2D eigenvalue weighted by Crippen LogP contribution is -2.27. The third kappa shape index (κ3) is 4.35. The van der Waals surface area contributed by atoms with Crippen molar-refractivity contribution in [2.45, 2.75) is 6.61 Å². The topological polar surface area (TPSA) is 70.4 Å². The second kappa shape index (κ2) is 8.91. The zero-order valence-corrected chi connectivity index (χ0v) is 17.1. The van der Waals surface area contributed by atoms with Gasteiger partial charge in [-0.25, -0.2) is 0 Å². The van der Waals surface area contributed by atoms with Crippen LogP contribution in [0, 0.1) is 11.3 Å². The molecule has 140 valence electrons. The Hall–Kier alpha value is -2.82. The molecule has 1 fully saturated rings. The maximum atomic E-state index is 12.4. The van der Waals surface area contributed by atoms with Gasteiger partial charge in [0, 0.05) is 22.1 Å². The van der Waals surface area contributed by atoms with E-state index in [2.05, 4.69) is 28.6 Å². The minimum atomic E-state index is -0.351. The first-order valence-corrected chi connectivity index (χ1v) is 9.91. The highest BCUT2D eigenvalue weighted by Crippen LogP contribution is 2.35. The van der Waals surface area contributed by atoms with Gasteiger partial charge >= 0.3 is 0 Å². The van der Waals surface area contributed by atoms with Crippen molar-refractivity contribution in [2.24, 2.45) is 0 Å². The first kappa shape index (κ1) is 19.9. The van der Waals surface area contributed by atoms with Crippen molar-refractivity contribution in [1.82, 2.24) is 4.90 Å². The van der Waals surface area contributed by atoms with Crippen LogP contribution in [-0.2, 0) is 11.4 Å². The maximum Gasteiger partial charge on any atom is 0.293 e. The molecule has 0 spiro atoms. The average Bonchev–Trinajstić information content (AvgIpc) is 2.95. The molecule has 1 heterocycles. The highest BCUT2D eigenvalue weighted by molar-refractivity contribution is 9.10. The Bertz CT molecular complexity index is 1030. The summed E-state index contributed by atoms with van der Waals surface area (Å²) in [6.07, 6.45) is 3.16. The number of ether oxygens (including phenoxy) is 1. The largest absolute Gasteiger partial charge is 0.488 e. The Morgan fingerprint density at radius 1 is 1.25 bits per heavy atom. The zero-order chi connectivity index (χ0) is 20.1. The summed E-state index contributed by atoms with van der Waals surface area (Å²) in [5.74, 6) is 0.196. The van der Waals surface area contributed by atoms with Gasteiger partial charge in [-0.05, 0) is 42.1 Å². The summed E-state index contributed by atoms with van der Waals surface area (Å²) in [6.45, 7) is 3.96. The summed E-state index contributed by atoms with van der Waals surface area (Å²) in [5, 5.41) is 8.89. The van der Waals surface area contributed by atoms with Crippen LogP contribution in [0.5, 0.6) is 5.75 Å². The molecule has 0 aliphatic carbocycles. The number of carbonyl (C=O) groups excluding carboxylic acids is 2. The van der Waals surface area contributed by atoms with Gasteiger partial charge in [0.05, 0.1) is 16.5 Å². The van der Waals surface area contributed by atoms with Crippen molar-refractivity contribution in [2.75, 3.05) is 6.54 Å². The Balaban J connectivity index is 1.88. The number of halogens is 1. The van der Waals surface area contributed by atoms with E-state index in [1.54, 1.807) is 24.3 Å². The fourth-order valence-electron chi connectivity index (χ4n) is 2.60. The van der Waals surface area contributed by atoms with Crippen molar-refractivity contribution in [3.63, 3.8) is 0 Å². The number of hydrogen-bond acceptors (Lipinski definition) is 5. The van der Waals surface area contributed by atoms with Gasteiger partial charge in [0.25, 0.3) is 11.1 Å².